The maximum absolute atomic E-state index is 12.0. The molecule has 0 saturated carbocycles. The van der Waals surface area contributed by atoms with E-state index in [1.165, 1.54) is 0 Å². The Labute approximate surface area is 106 Å². The summed E-state index contributed by atoms with van der Waals surface area (Å²) in [6, 6.07) is 9.08. The molecule has 0 radical (unpaired) electrons. The molecule has 0 fully saturated rings. The molecule has 4 heteroatoms. The van der Waals surface area contributed by atoms with E-state index in [1.54, 1.807) is 41.2 Å². The van der Waals surface area contributed by atoms with Crippen molar-refractivity contribution in [1.82, 2.24) is 9.78 Å². The van der Waals surface area contributed by atoms with Gasteiger partial charge in [0.1, 0.15) is 5.69 Å². The summed E-state index contributed by atoms with van der Waals surface area (Å²) in [4.78, 5) is 12.0. The summed E-state index contributed by atoms with van der Waals surface area (Å²) in [6.45, 7) is 2.64. The number of aromatic nitrogens is 2. The first-order valence-corrected chi connectivity index (χ1v) is 5.80. The fraction of sp³-hybridized carbons (Fsp3) is 0.143. The second-order valence-electron chi connectivity index (χ2n) is 3.90. The van der Waals surface area contributed by atoms with Crippen LogP contribution in [0.3, 0.4) is 0 Å². The highest BCUT2D eigenvalue weighted by atomic mass is 16.1. The van der Waals surface area contributed by atoms with Crippen molar-refractivity contribution in [2.45, 2.75) is 13.5 Å². The number of carbonyl (C=O) groups excluding carboxylic acids is 1. The van der Waals surface area contributed by atoms with Gasteiger partial charge in [0.25, 0.3) is 0 Å². The number of rotatable bonds is 4. The minimum Gasteiger partial charge on any atom is -0.399 e. The Kier molecular flexibility index (Phi) is 3.57. The number of carbonyl (C=O) groups is 1. The average Bonchev–Trinajstić information content (AvgIpc) is 2.86. The van der Waals surface area contributed by atoms with Crippen LogP contribution in [0, 0.1) is 0 Å². The number of ketones is 1. The van der Waals surface area contributed by atoms with Gasteiger partial charge in [-0.3, -0.25) is 9.48 Å². The first-order valence-electron chi connectivity index (χ1n) is 5.80. The molecule has 1 aromatic heterocycles. The number of benzene rings is 1. The van der Waals surface area contributed by atoms with Crippen molar-refractivity contribution >= 4 is 17.5 Å². The topological polar surface area (TPSA) is 60.9 Å². The minimum absolute atomic E-state index is 0.0498. The van der Waals surface area contributed by atoms with E-state index in [9.17, 15) is 4.79 Å². The van der Waals surface area contributed by atoms with E-state index in [2.05, 4.69) is 5.10 Å². The number of hydrogen-bond acceptors (Lipinski definition) is 3. The molecule has 2 aromatic rings. The monoisotopic (exact) mass is 241 g/mol. The van der Waals surface area contributed by atoms with Crippen molar-refractivity contribution in [3.05, 3.63) is 53.9 Å². The summed E-state index contributed by atoms with van der Waals surface area (Å²) >= 11 is 0. The quantitative estimate of drug-likeness (QED) is 0.508. The molecule has 1 aromatic carbocycles. The SMILES string of the molecule is CCn1nccc1C(=O)/C=C/c1ccc(N)cc1. The number of nitrogens with two attached hydrogens (primary N) is 1. The van der Waals surface area contributed by atoms with Gasteiger partial charge >= 0.3 is 0 Å². The summed E-state index contributed by atoms with van der Waals surface area (Å²) in [5.74, 6) is -0.0498. The van der Waals surface area contributed by atoms with E-state index in [0.29, 0.717) is 17.9 Å². The van der Waals surface area contributed by atoms with Crippen LogP contribution in [0.5, 0.6) is 0 Å². The van der Waals surface area contributed by atoms with Gasteiger partial charge in [-0.15, -0.1) is 0 Å². The molecule has 0 amide bonds. The number of nitrogen functional groups attached to an aromatic ring is 1. The first-order chi connectivity index (χ1) is 8.70. The molecule has 92 valence electrons. The molecule has 0 aliphatic carbocycles. The lowest BCUT2D eigenvalue weighted by molar-refractivity contribution is 0.103. The summed E-state index contributed by atoms with van der Waals surface area (Å²) in [7, 11) is 0. The summed E-state index contributed by atoms with van der Waals surface area (Å²) < 4.78 is 1.68. The Hall–Kier alpha value is -2.36. The molecule has 0 bridgehead atoms. The Morgan fingerprint density at radius 3 is 2.72 bits per heavy atom. The van der Waals surface area contributed by atoms with Crippen LogP contribution in [0.2, 0.25) is 0 Å². The molecular weight excluding hydrogens is 226 g/mol. The van der Waals surface area contributed by atoms with E-state index >= 15 is 0 Å². The summed E-state index contributed by atoms with van der Waals surface area (Å²) in [5, 5.41) is 4.07. The zero-order valence-corrected chi connectivity index (χ0v) is 10.2. The second kappa shape index (κ2) is 5.31. The maximum Gasteiger partial charge on any atom is 0.203 e. The highest BCUT2D eigenvalue weighted by molar-refractivity contribution is 6.05. The van der Waals surface area contributed by atoms with E-state index in [-0.39, 0.29) is 5.78 Å². The van der Waals surface area contributed by atoms with Crippen LogP contribution < -0.4 is 5.73 Å². The lowest BCUT2D eigenvalue weighted by Crippen LogP contribution is -2.07. The van der Waals surface area contributed by atoms with Gasteiger partial charge in [-0.1, -0.05) is 18.2 Å². The third kappa shape index (κ3) is 2.66. The Balaban J connectivity index is 2.14. The third-order valence-electron chi connectivity index (χ3n) is 2.63. The molecule has 4 nitrogen and oxygen atoms in total. The van der Waals surface area contributed by atoms with E-state index in [4.69, 9.17) is 5.73 Å². The molecule has 0 spiro atoms. The van der Waals surface area contributed by atoms with Crippen LogP contribution in [-0.4, -0.2) is 15.6 Å². The van der Waals surface area contributed by atoms with Gasteiger partial charge in [0.2, 0.25) is 5.78 Å². The third-order valence-corrected chi connectivity index (χ3v) is 2.63. The van der Waals surface area contributed by atoms with Crippen LogP contribution in [0.25, 0.3) is 6.08 Å². The predicted octanol–water partition coefficient (Wildman–Crippen LogP) is 2.38. The highest BCUT2D eigenvalue weighted by Gasteiger charge is 2.07. The molecule has 1 heterocycles. The number of hydrogen-bond donors (Lipinski definition) is 1. The van der Waals surface area contributed by atoms with Crippen molar-refractivity contribution in [3.63, 3.8) is 0 Å². The van der Waals surface area contributed by atoms with Crippen LogP contribution >= 0.6 is 0 Å². The fourth-order valence-electron chi connectivity index (χ4n) is 1.66. The molecule has 0 unspecified atom stereocenters. The molecule has 2 N–H and O–H groups in total. The molecule has 18 heavy (non-hydrogen) atoms. The van der Waals surface area contributed by atoms with Gasteiger partial charge in [-0.05, 0) is 36.8 Å². The van der Waals surface area contributed by atoms with Crippen molar-refractivity contribution < 1.29 is 4.79 Å². The van der Waals surface area contributed by atoms with Gasteiger partial charge in [-0.25, -0.2) is 0 Å². The molecular formula is C14H15N3O. The zero-order chi connectivity index (χ0) is 13.0. The maximum atomic E-state index is 12.0. The van der Waals surface area contributed by atoms with Crippen LogP contribution in [0.4, 0.5) is 5.69 Å². The van der Waals surface area contributed by atoms with Crippen molar-refractivity contribution in [2.24, 2.45) is 0 Å². The fourth-order valence-corrected chi connectivity index (χ4v) is 1.66. The molecule has 0 saturated heterocycles. The van der Waals surface area contributed by atoms with E-state index in [1.807, 2.05) is 19.1 Å². The van der Waals surface area contributed by atoms with Crippen LogP contribution in [0.15, 0.2) is 42.6 Å². The largest absolute Gasteiger partial charge is 0.399 e. The molecule has 0 aliphatic rings. The average molecular weight is 241 g/mol. The Bertz CT molecular complexity index is 567. The van der Waals surface area contributed by atoms with Gasteiger partial charge in [-0.2, -0.15) is 5.10 Å². The highest BCUT2D eigenvalue weighted by Crippen LogP contribution is 2.08. The van der Waals surface area contributed by atoms with E-state index < -0.39 is 0 Å². The second-order valence-corrected chi connectivity index (χ2v) is 3.90. The number of allylic oxidation sites excluding steroid dienone is 1. The van der Waals surface area contributed by atoms with Crippen LogP contribution in [0.1, 0.15) is 23.0 Å². The van der Waals surface area contributed by atoms with Crippen molar-refractivity contribution in [3.8, 4) is 0 Å². The lowest BCUT2D eigenvalue weighted by Gasteiger charge is -2.00. The summed E-state index contributed by atoms with van der Waals surface area (Å²) in [5.41, 5.74) is 7.85. The van der Waals surface area contributed by atoms with Gasteiger partial charge in [0.05, 0.1) is 0 Å². The molecule has 0 aliphatic heterocycles. The summed E-state index contributed by atoms with van der Waals surface area (Å²) in [6.07, 6.45) is 4.96. The molecule has 0 atom stereocenters. The zero-order valence-electron chi connectivity index (χ0n) is 10.2. The number of nitrogens with zero attached hydrogens (tertiary/aromatic N) is 2. The predicted molar refractivity (Wildman–Crippen MR) is 72.1 cm³/mol. The molecule has 2 rings (SSSR count). The Morgan fingerprint density at radius 2 is 2.06 bits per heavy atom. The Morgan fingerprint density at radius 1 is 1.33 bits per heavy atom. The first kappa shape index (κ1) is 12.1. The van der Waals surface area contributed by atoms with Gasteiger partial charge < -0.3 is 5.73 Å². The number of aryl methyl sites for hydroxylation is 1. The normalized spacial score (nSPS) is 10.9. The minimum atomic E-state index is -0.0498. The lowest BCUT2D eigenvalue weighted by atomic mass is 10.1. The van der Waals surface area contributed by atoms with Crippen molar-refractivity contribution in [1.29, 1.82) is 0 Å². The van der Waals surface area contributed by atoms with Gasteiger partial charge in [0, 0.05) is 18.4 Å². The van der Waals surface area contributed by atoms with Crippen LogP contribution in [-0.2, 0) is 6.54 Å². The smallest absolute Gasteiger partial charge is 0.203 e. The number of anilines is 1. The van der Waals surface area contributed by atoms with Gasteiger partial charge in [0.15, 0.2) is 0 Å². The van der Waals surface area contributed by atoms with E-state index in [0.717, 1.165) is 5.56 Å². The standard InChI is InChI=1S/C14H15N3O/c1-2-17-13(9-10-16-17)14(18)8-5-11-3-6-12(15)7-4-11/h3-10H,2,15H2,1H3/b8-5+. The van der Waals surface area contributed by atoms with Crippen molar-refractivity contribution in [2.75, 3.05) is 5.73 Å².